The lowest BCUT2D eigenvalue weighted by atomic mass is 9.81. The van der Waals surface area contributed by atoms with Gasteiger partial charge >= 0.3 is 5.97 Å². The number of pyridine rings is 1. The van der Waals surface area contributed by atoms with Crippen LogP contribution in [0.4, 0.5) is 5.82 Å². The molecule has 1 saturated heterocycles. The average Bonchev–Trinajstić information content (AvgIpc) is 3.18. The number of benzene rings is 1. The lowest BCUT2D eigenvalue weighted by Crippen LogP contribution is -2.37. The number of hydrogen-bond donors (Lipinski definition) is 0. The summed E-state index contributed by atoms with van der Waals surface area (Å²) in [5.41, 5.74) is 0.854. The number of nitriles is 1. The molecule has 2 aromatic rings. The summed E-state index contributed by atoms with van der Waals surface area (Å²) in [6.07, 6.45) is 2.94. The van der Waals surface area contributed by atoms with Gasteiger partial charge in [-0.05, 0) is 43.0 Å². The van der Waals surface area contributed by atoms with Crippen molar-refractivity contribution in [2.75, 3.05) is 25.1 Å². The van der Waals surface area contributed by atoms with Crippen LogP contribution in [0.3, 0.4) is 0 Å². The normalized spacial score (nSPS) is 25.0. The highest BCUT2D eigenvalue weighted by Gasteiger charge is 2.55. The molecule has 1 aliphatic carbocycles. The zero-order valence-corrected chi connectivity index (χ0v) is 14.7. The van der Waals surface area contributed by atoms with Gasteiger partial charge in [-0.2, -0.15) is 5.26 Å². The Morgan fingerprint density at radius 1 is 1.48 bits per heavy atom. The minimum absolute atomic E-state index is 0.120. The Balaban J connectivity index is 1.75. The molecule has 5 nitrogen and oxygen atoms in total. The number of hydrogen-bond acceptors (Lipinski definition) is 5. The smallest absolute Gasteiger partial charge is 0.313 e. The van der Waals surface area contributed by atoms with E-state index in [2.05, 4.69) is 11.0 Å². The highest BCUT2D eigenvalue weighted by Crippen LogP contribution is 2.50. The van der Waals surface area contributed by atoms with E-state index in [1.54, 1.807) is 18.2 Å². The van der Waals surface area contributed by atoms with Gasteiger partial charge in [0, 0.05) is 23.5 Å². The number of aromatic nitrogens is 1. The summed E-state index contributed by atoms with van der Waals surface area (Å²) in [6.45, 7) is 1.37. The van der Waals surface area contributed by atoms with E-state index < -0.39 is 5.41 Å². The largest absolute Gasteiger partial charge is 0.469 e. The van der Waals surface area contributed by atoms with Crippen LogP contribution in [-0.2, 0) is 9.53 Å². The Bertz CT molecular complexity index is 907. The van der Waals surface area contributed by atoms with Crippen molar-refractivity contribution >= 4 is 34.3 Å². The van der Waals surface area contributed by atoms with Crippen molar-refractivity contribution in [3.8, 4) is 6.07 Å². The minimum Gasteiger partial charge on any atom is -0.469 e. The molecular weight excluding hydrogens is 338 g/mol. The van der Waals surface area contributed by atoms with E-state index in [1.807, 2.05) is 6.07 Å². The maximum absolute atomic E-state index is 12.4. The number of carbonyl (C=O) groups is 1. The molecule has 2 unspecified atom stereocenters. The molecule has 1 aromatic heterocycles. The Hall–Kier alpha value is -2.32. The number of fused-ring (bicyclic) bond motifs is 2. The third-order valence-electron chi connectivity index (χ3n) is 5.66. The minimum atomic E-state index is -0.432. The summed E-state index contributed by atoms with van der Waals surface area (Å²) in [7, 11) is 1.46. The number of ether oxygens (including phenoxy) is 1. The first kappa shape index (κ1) is 16.2. The van der Waals surface area contributed by atoms with Gasteiger partial charge in [-0.1, -0.05) is 18.0 Å². The number of rotatable bonds is 2. The third-order valence-corrected chi connectivity index (χ3v) is 5.90. The van der Waals surface area contributed by atoms with Crippen LogP contribution in [-0.4, -0.2) is 31.2 Å². The van der Waals surface area contributed by atoms with E-state index in [4.69, 9.17) is 21.3 Å². The van der Waals surface area contributed by atoms with E-state index in [9.17, 15) is 10.1 Å². The molecule has 2 heterocycles. The molecule has 6 heteroatoms. The predicted molar refractivity (Wildman–Crippen MR) is 95.5 cm³/mol. The van der Waals surface area contributed by atoms with E-state index in [0.29, 0.717) is 17.1 Å². The third kappa shape index (κ3) is 2.44. The fraction of sp³-hybridized carbons (Fsp3) is 0.421. The van der Waals surface area contributed by atoms with E-state index in [-0.39, 0.29) is 11.9 Å². The van der Waals surface area contributed by atoms with Crippen LogP contribution in [0, 0.1) is 22.7 Å². The Morgan fingerprint density at radius 3 is 3.08 bits per heavy atom. The summed E-state index contributed by atoms with van der Waals surface area (Å²) < 4.78 is 5.10. The summed E-state index contributed by atoms with van der Waals surface area (Å²) in [5, 5.41) is 10.9. The fourth-order valence-corrected chi connectivity index (χ4v) is 4.61. The second kappa shape index (κ2) is 5.89. The molecule has 1 aromatic carbocycles. The second-order valence-electron chi connectivity index (χ2n) is 6.92. The van der Waals surface area contributed by atoms with Gasteiger partial charge < -0.3 is 9.64 Å². The van der Waals surface area contributed by atoms with Crippen LogP contribution >= 0.6 is 11.6 Å². The molecule has 25 heavy (non-hydrogen) atoms. The van der Waals surface area contributed by atoms with Crippen molar-refractivity contribution in [2.24, 2.45) is 11.3 Å². The molecule has 2 atom stereocenters. The first-order valence-corrected chi connectivity index (χ1v) is 8.79. The van der Waals surface area contributed by atoms with Gasteiger partial charge in [-0.25, -0.2) is 4.98 Å². The monoisotopic (exact) mass is 355 g/mol. The van der Waals surface area contributed by atoms with E-state index in [0.717, 1.165) is 42.5 Å². The number of anilines is 1. The van der Waals surface area contributed by atoms with Crippen LogP contribution in [0.5, 0.6) is 0 Å². The van der Waals surface area contributed by atoms with Crippen LogP contribution < -0.4 is 4.90 Å². The van der Waals surface area contributed by atoms with Crippen LogP contribution in [0.1, 0.15) is 24.8 Å². The van der Waals surface area contributed by atoms with Crippen molar-refractivity contribution in [1.82, 2.24) is 4.98 Å². The van der Waals surface area contributed by atoms with Crippen molar-refractivity contribution < 1.29 is 9.53 Å². The van der Waals surface area contributed by atoms with Gasteiger partial charge in [0.2, 0.25) is 0 Å². The first-order chi connectivity index (χ1) is 12.1. The lowest BCUT2D eigenvalue weighted by Gasteiger charge is -2.25. The van der Waals surface area contributed by atoms with Crippen LogP contribution in [0.15, 0.2) is 24.3 Å². The molecule has 0 N–H and O–H groups in total. The summed E-state index contributed by atoms with van der Waals surface area (Å²) >= 11 is 6.05. The highest BCUT2D eigenvalue weighted by molar-refractivity contribution is 6.31. The number of nitrogens with zero attached hydrogens (tertiary/aromatic N) is 3. The average molecular weight is 356 g/mol. The number of halogens is 1. The maximum Gasteiger partial charge on any atom is 0.313 e. The summed E-state index contributed by atoms with van der Waals surface area (Å²) in [4.78, 5) is 19.3. The molecule has 0 amide bonds. The first-order valence-electron chi connectivity index (χ1n) is 8.41. The molecule has 1 saturated carbocycles. The Labute approximate surface area is 151 Å². The fourth-order valence-electron chi connectivity index (χ4n) is 4.44. The zero-order chi connectivity index (χ0) is 17.6. The highest BCUT2D eigenvalue weighted by atomic mass is 35.5. The SMILES string of the molecule is COC(=O)C12CCCC1CN(c1cc(C#N)c3cc(Cl)ccc3n1)C2. The lowest BCUT2D eigenvalue weighted by molar-refractivity contribution is -0.152. The maximum atomic E-state index is 12.4. The number of carbonyl (C=O) groups excluding carboxylic acids is 1. The predicted octanol–water partition coefficient (Wildman–Crippen LogP) is 3.54. The van der Waals surface area contributed by atoms with Crippen LogP contribution in [0.2, 0.25) is 5.02 Å². The van der Waals surface area contributed by atoms with E-state index in [1.165, 1.54) is 7.11 Å². The molecule has 0 spiro atoms. The van der Waals surface area contributed by atoms with Gasteiger partial charge in [0.15, 0.2) is 0 Å². The molecule has 128 valence electrons. The molecule has 2 fully saturated rings. The van der Waals surface area contributed by atoms with E-state index >= 15 is 0 Å². The number of methoxy groups -OCH3 is 1. The van der Waals surface area contributed by atoms with Crippen molar-refractivity contribution in [1.29, 1.82) is 5.26 Å². The second-order valence-corrected chi connectivity index (χ2v) is 7.36. The van der Waals surface area contributed by atoms with Crippen molar-refractivity contribution in [3.05, 3.63) is 34.9 Å². The number of esters is 1. The molecule has 1 aliphatic heterocycles. The molecular formula is C19H18ClN3O2. The van der Waals surface area contributed by atoms with Crippen LogP contribution in [0.25, 0.3) is 10.9 Å². The Morgan fingerprint density at radius 2 is 2.32 bits per heavy atom. The molecule has 0 radical (unpaired) electrons. The topological polar surface area (TPSA) is 66.2 Å². The molecule has 4 rings (SSSR count). The summed E-state index contributed by atoms with van der Waals surface area (Å²) in [6, 6.07) is 9.40. The van der Waals surface area contributed by atoms with Crippen molar-refractivity contribution in [2.45, 2.75) is 19.3 Å². The quantitative estimate of drug-likeness (QED) is 0.771. The molecule has 0 bridgehead atoms. The van der Waals surface area contributed by atoms with Gasteiger partial charge in [-0.15, -0.1) is 0 Å². The zero-order valence-electron chi connectivity index (χ0n) is 14.0. The van der Waals surface area contributed by atoms with Gasteiger partial charge in [0.1, 0.15) is 5.82 Å². The molecule has 2 aliphatic rings. The standard InChI is InChI=1S/C19H18ClN3O2/c1-25-18(24)19-6-2-3-13(19)10-23(11-19)17-7-12(9-21)15-8-14(20)4-5-16(15)22-17/h4-5,7-8,13H,2-3,6,10-11H2,1H3. The van der Waals surface area contributed by atoms with Crippen molar-refractivity contribution in [3.63, 3.8) is 0 Å². The van der Waals surface area contributed by atoms with Gasteiger partial charge in [0.25, 0.3) is 0 Å². The van der Waals surface area contributed by atoms with Gasteiger partial charge in [0.05, 0.1) is 29.7 Å². The van der Waals surface area contributed by atoms with Gasteiger partial charge in [-0.3, -0.25) is 4.79 Å². The summed E-state index contributed by atoms with van der Waals surface area (Å²) in [5.74, 6) is 0.905. The Kier molecular flexibility index (Phi) is 3.81.